The molecule has 1 aromatic rings. The SMILES string of the molecule is Cc1cc(C)c([C@H](C)NC(=O)C(=O)NC[C@@H]2CCCO2)cc1C. The average Bonchev–Trinajstić information content (AvgIpc) is 3.01. The summed E-state index contributed by atoms with van der Waals surface area (Å²) in [4.78, 5) is 23.9. The van der Waals surface area contributed by atoms with Crippen LogP contribution >= 0.6 is 0 Å². The van der Waals surface area contributed by atoms with Crippen LogP contribution in [-0.4, -0.2) is 31.1 Å². The lowest BCUT2D eigenvalue weighted by Gasteiger charge is -2.18. The van der Waals surface area contributed by atoms with Gasteiger partial charge in [-0.05, 0) is 62.8 Å². The number of carbonyl (C=O) groups excluding carboxylic acids is 2. The Bertz CT molecular complexity index is 592. The molecule has 2 rings (SSSR count). The minimum Gasteiger partial charge on any atom is -0.376 e. The van der Waals surface area contributed by atoms with Gasteiger partial charge in [-0.25, -0.2) is 0 Å². The number of ether oxygens (including phenoxy) is 1. The maximum absolute atomic E-state index is 12.0. The second-order valence-corrected chi connectivity index (χ2v) is 6.33. The van der Waals surface area contributed by atoms with Crippen LogP contribution in [0.4, 0.5) is 0 Å². The van der Waals surface area contributed by atoms with Crippen LogP contribution < -0.4 is 10.6 Å². The van der Waals surface area contributed by atoms with E-state index in [1.165, 1.54) is 11.1 Å². The summed E-state index contributed by atoms with van der Waals surface area (Å²) in [6, 6.07) is 3.96. The van der Waals surface area contributed by atoms with Crippen LogP contribution in [0.5, 0.6) is 0 Å². The maximum atomic E-state index is 12.0. The van der Waals surface area contributed by atoms with Gasteiger partial charge in [0.15, 0.2) is 0 Å². The molecule has 0 spiro atoms. The Kier molecular flexibility index (Phi) is 5.77. The fraction of sp³-hybridized carbons (Fsp3) is 0.556. The largest absolute Gasteiger partial charge is 0.376 e. The monoisotopic (exact) mass is 318 g/mol. The Balaban J connectivity index is 1.91. The summed E-state index contributed by atoms with van der Waals surface area (Å²) >= 11 is 0. The van der Waals surface area contributed by atoms with E-state index in [-0.39, 0.29) is 12.1 Å². The van der Waals surface area contributed by atoms with Gasteiger partial charge in [-0.3, -0.25) is 9.59 Å². The van der Waals surface area contributed by atoms with Crippen LogP contribution in [0.2, 0.25) is 0 Å². The van der Waals surface area contributed by atoms with Crippen LogP contribution in [0.15, 0.2) is 12.1 Å². The molecule has 2 atom stereocenters. The summed E-state index contributed by atoms with van der Waals surface area (Å²) in [7, 11) is 0. The Morgan fingerprint density at radius 2 is 1.87 bits per heavy atom. The third-order valence-electron chi connectivity index (χ3n) is 4.42. The number of rotatable bonds is 4. The highest BCUT2D eigenvalue weighted by Gasteiger charge is 2.21. The fourth-order valence-electron chi connectivity index (χ4n) is 2.88. The highest BCUT2D eigenvalue weighted by Crippen LogP contribution is 2.21. The van der Waals surface area contributed by atoms with Crippen molar-refractivity contribution in [3.63, 3.8) is 0 Å². The standard InChI is InChI=1S/C18H26N2O3/c1-11-8-13(3)16(9-12(11)2)14(4)20-18(22)17(21)19-10-15-6-5-7-23-15/h8-9,14-15H,5-7,10H2,1-4H3,(H,19,21)(H,20,22)/t14-,15-/m0/s1. The zero-order valence-electron chi connectivity index (χ0n) is 14.4. The molecule has 23 heavy (non-hydrogen) atoms. The maximum Gasteiger partial charge on any atom is 0.309 e. The van der Waals surface area contributed by atoms with Crippen molar-refractivity contribution in [1.29, 1.82) is 0 Å². The number of benzene rings is 1. The van der Waals surface area contributed by atoms with Crippen molar-refractivity contribution in [3.05, 3.63) is 34.4 Å². The molecule has 0 saturated carbocycles. The van der Waals surface area contributed by atoms with E-state index in [9.17, 15) is 9.59 Å². The Labute approximate surface area is 137 Å². The Morgan fingerprint density at radius 3 is 2.52 bits per heavy atom. The molecular weight excluding hydrogens is 292 g/mol. The van der Waals surface area contributed by atoms with Gasteiger partial charge in [0.05, 0.1) is 12.1 Å². The minimum absolute atomic E-state index is 0.0335. The summed E-state index contributed by atoms with van der Waals surface area (Å²) in [5.74, 6) is -1.21. The van der Waals surface area contributed by atoms with Gasteiger partial charge in [0.2, 0.25) is 0 Å². The fourth-order valence-corrected chi connectivity index (χ4v) is 2.88. The molecule has 1 aliphatic rings. The summed E-state index contributed by atoms with van der Waals surface area (Å²) < 4.78 is 5.43. The molecule has 1 aromatic carbocycles. The van der Waals surface area contributed by atoms with Gasteiger partial charge in [-0.1, -0.05) is 12.1 Å². The summed E-state index contributed by atoms with van der Waals surface area (Å²) in [6.45, 7) is 9.14. The summed E-state index contributed by atoms with van der Waals surface area (Å²) in [5.41, 5.74) is 4.54. The Hall–Kier alpha value is -1.88. The smallest absolute Gasteiger partial charge is 0.309 e. The number of aryl methyl sites for hydroxylation is 3. The predicted molar refractivity (Wildman–Crippen MR) is 89.2 cm³/mol. The zero-order chi connectivity index (χ0) is 17.0. The van der Waals surface area contributed by atoms with E-state index < -0.39 is 11.8 Å². The van der Waals surface area contributed by atoms with E-state index in [4.69, 9.17) is 4.74 Å². The lowest BCUT2D eigenvalue weighted by atomic mass is 9.96. The van der Waals surface area contributed by atoms with Crippen LogP contribution in [0, 0.1) is 20.8 Å². The molecule has 1 aliphatic heterocycles. The lowest BCUT2D eigenvalue weighted by molar-refractivity contribution is -0.139. The molecule has 126 valence electrons. The van der Waals surface area contributed by atoms with Crippen molar-refractivity contribution in [2.45, 2.75) is 52.7 Å². The average molecular weight is 318 g/mol. The van der Waals surface area contributed by atoms with Gasteiger partial charge in [0, 0.05) is 13.2 Å². The molecule has 1 fully saturated rings. The highest BCUT2D eigenvalue weighted by atomic mass is 16.5. The van der Waals surface area contributed by atoms with Crippen molar-refractivity contribution in [2.24, 2.45) is 0 Å². The second-order valence-electron chi connectivity index (χ2n) is 6.33. The molecule has 0 radical (unpaired) electrons. The number of carbonyl (C=O) groups is 2. The van der Waals surface area contributed by atoms with Crippen LogP contribution in [0.3, 0.4) is 0 Å². The molecular formula is C18H26N2O3. The third kappa shape index (κ3) is 4.55. The topological polar surface area (TPSA) is 67.4 Å². The number of amides is 2. The number of nitrogens with one attached hydrogen (secondary N) is 2. The van der Waals surface area contributed by atoms with E-state index in [1.54, 1.807) is 0 Å². The molecule has 0 aliphatic carbocycles. The van der Waals surface area contributed by atoms with Gasteiger partial charge in [0.25, 0.3) is 0 Å². The molecule has 0 aromatic heterocycles. The molecule has 0 unspecified atom stereocenters. The first-order valence-corrected chi connectivity index (χ1v) is 8.16. The summed E-state index contributed by atoms with van der Waals surface area (Å²) in [5, 5.41) is 5.41. The van der Waals surface area contributed by atoms with E-state index in [0.29, 0.717) is 6.54 Å². The van der Waals surface area contributed by atoms with Gasteiger partial charge >= 0.3 is 11.8 Å². The quantitative estimate of drug-likeness (QED) is 0.835. The number of hydrogen-bond donors (Lipinski definition) is 2. The lowest BCUT2D eigenvalue weighted by Crippen LogP contribution is -2.43. The van der Waals surface area contributed by atoms with Gasteiger partial charge in [-0.15, -0.1) is 0 Å². The van der Waals surface area contributed by atoms with E-state index >= 15 is 0 Å². The molecule has 1 heterocycles. The Morgan fingerprint density at radius 1 is 1.17 bits per heavy atom. The highest BCUT2D eigenvalue weighted by molar-refractivity contribution is 6.35. The van der Waals surface area contributed by atoms with Crippen LogP contribution in [0.25, 0.3) is 0 Å². The molecule has 0 bridgehead atoms. The van der Waals surface area contributed by atoms with E-state index in [2.05, 4.69) is 29.7 Å². The molecule has 2 N–H and O–H groups in total. The molecule has 5 nitrogen and oxygen atoms in total. The first kappa shape index (κ1) is 17.5. The van der Waals surface area contributed by atoms with Gasteiger partial charge in [0.1, 0.15) is 0 Å². The first-order chi connectivity index (χ1) is 10.9. The van der Waals surface area contributed by atoms with E-state index in [1.807, 2.05) is 20.8 Å². The second kappa shape index (κ2) is 7.59. The van der Waals surface area contributed by atoms with Crippen molar-refractivity contribution in [1.82, 2.24) is 10.6 Å². The zero-order valence-corrected chi connectivity index (χ0v) is 14.4. The van der Waals surface area contributed by atoms with Crippen LogP contribution in [-0.2, 0) is 14.3 Å². The predicted octanol–water partition coefficient (Wildman–Crippen LogP) is 2.08. The minimum atomic E-state index is -0.604. The van der Waals surface area contributed by atoms with Crippen molar-refractivity contribution < 1.29 is 14.3 Å². The third-order valence-corrected chi connectivity index (χ3v) is 4.42. The summed E-state index contributed by atoms with van der Waals surface area (Å²) in [6.07, 6.45) is 1.97. The van der Waals surface area contributed by atoms with Crippen molar-refractivity contribution in [2.75, 3.05) is 13.2 Å². The van der Waals surface area contributed by atoms with Crippen LogP contribution in [0.1, 0.15) is 48.1 Å². The van der Waals surface area contributed by atoms with Crippen molar-refractivity contribution >= 4 is 11.8 Å². The first-order valence-electron chi connectivity index (χ1n) is 8.16. The van der Waals surface area contributed by atoms with Gasteiger partial charge in [-0.2, -0.15) is 0 Å². The normalized spacial score (nSPS) is 18.5. The number of hydrogen-bond acceptors (Lipinski definition) is 3. The van der Waals surface area contributed by atoms with E-state index in [0.717, 1.165) is 30.6 Å². The van der Waals surface area contributed by atoms with Gasteiger partial charge < -0.3 is 15.4 Å². The van der Waals surface area contributed by atoms with Crippen molar-refractivity contribution in [3.8, 4) is 0 Å². The molecule has 5 heteroatoms. The molecule has 1 saturated heterocycles. The molecule has 2 amide bonds.